The van der Waals surface area contributed by atoms with E-state index in [0.717, 1.165) is 5.75 Å². The number of hydrogen-bond acceptors (Lipinski definition) is 3. The van der Waals surface area contributed by atoms with E-state index in [1.54, 1.807) is 0 Å². The molecule has 74 valence electrons. The van der Waals surface area contributed by atoms with Crippen LogP contribution in [0.15, 0.2) is 30.3 Å². The zero-order valence-corrected chi connectivity index (χ0v) is 7.51. The number of nitrogens with one attached hydrogen (secondary N) is 1. The van der Waals surface area contributed by atoms with Gasteiger partial charge in [-0.3, -0.25) is 4.79 Å². The maximum Gasteiger partial charge on any atom is 0.251 e. The largest absolute Gasteiger partial charge is 0.491 e. The Kier molecular flexibility index (Phi) is 2.37. The molecule has 1 amide bonds. The molecule has 14 heavy (non-hydrogen) atoms. The van der Waals surface area contributed by atoms with E-state index in [1.165, 1.54) is 0 Å². The summed E-state index contributed by atoms with van der Waals surface area (Å²) in [5, 5.41) is 11.7. The van der Waals surface area contributed by atoms with Gasteiger partial charge in [0.1, 0.15) is 12.4 Å². The van der Waals surface area contributed by atoms with Crippen molar-refractivity contribution >= 4 is 5.91 Å². The van der Waals surface area contributed by atoms with Crippen molar-refractivity contribution in [1.82, 2.24) is 5.32 Å². The standard InChI is InChI=1S/C10H11NO3/c12-9-8(11-10(9)13)6-14-7-4-2-1-3-5-7/h1-5,8-9,12H,6H2,(H,11,13)/t8-,9+/m0/s1. The summed E-state index contributed by atoms with van der Waals surface area (Å²) in [6, 6.07) is 9.01. The molecule has 0 aromatic heterocycles. The Balaban J connectivity index is 1.81. The molecule has 1 aliphatic rings. The van der Waals surface area contributed by atoms with E-state index in [-0.39, 0.29) is 11.9 Å². The van der Waals surface area contributed by atoms with Crippen molar-refractivity contribution < 1.29 is 14.6 Å². The summed E-state index contributed by atoms with van der Waals surface area (Å²) >= 11 is 0. The number of aliphatic hydroxyl groups is 1. The van der Waals surface area contributed by atoms with E-state index >= 15 is 0 Å². The predicted octanol–water partition coefficient (Wildman–Crippen LogP) is -0.0753. The highest BCUT2D eigenvalue weighted by Gasteiger charge is 2.37. The van der Waals surface area contributed by atoms with Gasteiger partial charge in [0.05, 0.1) is 6.04 Å². The third-order valence-electron chi connectivity index (χ3n) is 2.15. The molecule has 1 heterocycles. The third kappa shape index (κ3) is 1.70. The molecule has 0 unspecified atom stereocenters. The first-order valence-electron chi connectivity index (χ1n) is 4.43. The summed E-state index contributed by atoms with van der Waals surface area (Å²) in [7, 11) is 0. The first-order valence-corrected chi connectivity index (χ1v) is 4.43. The minimum Gasteiger partial charge on any atom is -0.491 e. The first-order chi connectivity index (χ1) is 6.77. The van der Waals surface area contributed by atoms with Crippen LogP contribution in [0.5, 0.6) is 5.75 Å². The SMILES string of the molecule is O=C1N[C@@H](COc2ccccc2)[C@H]1O. The number of carbonyl (C=O) groups excluding carboxylic acids is 1. The molecule has 4 nitrogen and oxygen atoms in total. The molecule has 0 spiro atoms. The average molecular weight is 193 g/mol. The zero-order valence-electron chi connectivity index (χ0n) is 7.51. The average Bonchev–Trinajstić information content (AvgIpc) is 2.25. The van der Waals surface area contributed by atoms with Crippen molar-refractivity contribution in [3.05, 3.63) is 30.3 Å². The van der Waals surface area contributed by atoms with E-state index in [0.29, 0.717) is 6.61 Å². The Morgan fingerprint density at radius 3 is 2.64 bits per heavy atom. The minimum absolute atomic E-state index is 0.275. The van der Waals surface area contributed by atoms with Crippen molar-refractivity contribution in [2.24, 2.45) is 0 Å². The van der Waals surface area contributed by atoms with E-state index in [4.69, 9.17) is 9.84 Å². The number of ether oxygens (including phenoxy) is 1. The smallest absolute Gasteiger partial charge is 0.251 e. The number of para-hydroxylation sites is 1. The number of benzene rings is 1. The van der Waals surface area contributed by atoms with E-state index in [1.807, 2.05) is 30.3 Å². The molecule has 2 rings (SSSR count). The van der Waals surface area contributed by atoms with E-state index < -0.39 is 6.10 Å². The highest BCUT2D eigenvalue weighted by Crippen LogP contribution is 2.11. The quantitative estimate of drug-likeness (QED) is 0.660. The van der Waals surface area contributed by atoms with Gasteiger partial charge in [0, 0.05) is 0 Å². The van der Waals surface area contributed by atoms with Crippen molar-refractivity contribution in [3.8, 4) is 5.75 Å². The molecule has 1 aromatic rings. The van der Waals surface area contributed by atoms with E-state index in [9.17, 15) is 4.79 Å². The van der Waals surface area contributed by atoms with Crippen LogP contribution in [-0.4, -0.2) is 29.8 Å². The fourth-order valence-electron chi connectivity index (χ4n) is 1.27. The van der Waals surface area contributed by atoms with Crippen LogP contribution in [0.3, 0.4) is 0 Å². The number of rotatable bonds is 3. The molecule has 1 aliphatic heterocycles. The molecule has 0 saturated carbocycles. The lowest BCUT2D eigenvalue weighted by Gasteiger charge is -2.32. The Morgan fingerprint density at radius 1 is 1.36 bits per heavy atom. The highest BCUT2D eigenvalue weighted by molar-refractivity contribution is 5.87. The van der Waals surface area contributed by atoms with Crippen LogP contribution < -0.4 is 10.1 Å². The molecule has 2 N–H and O–H groups in total. The summed E-state index contributed by atoms with van der Waals surface area (Å²) < 4.78 is 5.35. The summed E-state index contributed by atoms with van der Waals surface area (Å²) in [5.74, 6) is 0.410. The second kappa shape index (κ2) is 3.67. The predicted molar refractivity (Wildman–Crippen MR) is 49.9 cm³/mol. The molecular formula is C10H11NO3. The Morgan fingerprint density at radius 2 is 2.07 bits per heavy atom. The number of carbonyl (C=O) groups is 1. The van der Waals surface area contributed by atoms with Gasteiger partial charge in [0.15, 0.2) is 6.10 Å². The van der Waals surface area contributed by atoms with Gasteiger partial charge in [-0.2, -0.15) is 0 Å². The normalized spacial score (nSPS) is 25.1. The maximum atomic E-state index is 10.6. The summed E-state index contributed by atoms with van der Waals surface area (Å²) in [5.41, 5.74) is 0. The monoisotopic (exact) mass is 193 g/mol. The lowest BCUT2D eigenvalue weighted by molar-refractivity contribution is -0.143. The third-order valence-corrected chi connectivity index (χ3v) is 2.15. The van der Waals surface area contributed by atoms with Gasteiger partial charge in [-0.1, -0.05) is 18.2 Å². The Hall–Kier alpha value is -1.55. The second-order valence-corrected chi connectivity index (χ2v) is 3.18. The summed E-state index contributed by atoms with van der Waals surface area (Å²) in [4.78, 5) is 10.6. The number of hydrogen-bond donors (Lipinski definition) is 2. The molecule has 1 fully saturated rings. The minimum atomic E-state index is -0.918. The number of amides is 1. The molecule has 0 aliphatic carbocycles. The fourth-order valence-corrected chi connectivity index (χ4v) is 1.27. The zero-order chi connectivity index (χ0) is 9.97. The highest BCUT2D eigenvalue weighted by atomic mass is 16.5. The van der Waals surface area contributed by atoms with E-state index in [2.05, 4.69) is 5.32 Å². The van der Waals surface area contributed by atoms with Gasteiger partial charge < -0.3 is 15.2 Å². The second-order valence-electron chi connectivity index (χ2n) is 3.18. The topological polar surface area (TPSA) is 58.6 Å². The van der Waals surface area contributed by atoms with Crippen LogP contribution in [0.25, 0.3) is 0 Å². The van der Waals surface area contributed by atoms with Gasteiger partial charge in [-0.05, 0) is 12.1 Å². The van der Waals surface area contributed by atoms with Crippen molar-refractivity contribution in [2.45, 2.75) is 12.1 Å². The van der Waals surface area contributed by atoms with Crippen LogP contribution in [0.2, 0.25) is 0 Å². The lowest BCUT2D eigenvalue weighted by Crippen LogP contribution is -2.64. The Bertz CT molecular complexity index is 325. The first kappa shape index (κ1) is 9.02. The van der Waals surface area contributed by atoms with Crippen molar-refractivity contribution in [1.29, 1.82) is 0 Å². The maximum absolute atomic E-state index is 10.6. The van der Waals surface area contributed by atoms with Crippen LogP contribution in [0.4, 0.5) is 0 Å². The lowest BCUT2D eigenvalue weighted by atomic mass is 10.0. The van der Waals surface area contributed by atoms with Gasteiger partial charge in [-0.15, -0.1) is 0 Å². The number of aliphatic hydroxyl groups excluding tert-OH is 1. The Labute approximate surface area is 81.5 Å². The molecule has 0 radical (unpaired) electrons. The molecule has 4 heteroatoms. The van der Waals surface area contributed by atoms with Crippen LogP contribution in [0.1, 0.15) is 0 Å². The molecule has 0 bridgehead atoms. The van der Waals surface area contributed by atoms with Gasteiger partial charge in [0.2, 0.25) is 0 Å². The van der Waals surface area contributed by atoms with Crippen molar-refractivity contribution in [3.63, 3.8) is 0 Å². The number of β-lactam (4-membered cyclic amide) rings is 1. The molecule has 1 saturated heterocycles. The van der Waals surface area contributed by atoms with Crippen LogP contribution >= 0.6 is 0 Å². The van der Waals surface area contributed by atoms with Crippen molar-refractivity contribution in [2.75, 3.05) is 6.61 Å². The van der Waals surface area contributed by atoms with Gasteiger partial charge >= 0.3 is 0 Å². The van der Waals surface area contributed by atoms with Gasteiger partial charge in [0.25, 0.3) is 5.91 Å². The van der Waals surface area contributed by atoms with Crippen LogP contribution in [-0.2, 0) is 4.79 Å². The van der Waals surface area contributed by atoms with Gasteiger partial charge in [-0.25, -0.2) is 0 Å². The molecule has 2 atom stereocenters. The summed E-state index contributed by atoms with van der Waals surface area (Å²) in [6.45, 7) is 0.302. The summed E-state index contributed by atoms with van der Waals surface area (Å²) in [6.07, 6.45) is -0.918. The van der Waals surface area contributed by atoms with Crippen LogP contribution in [0, 0.1) is 0 Å². The molecule has 1 aromatic carbocycles. The fraction of sp³-hybridized carbons (Fsp3) is 0.300. The molecular weight excluding hydrogens is 182 g/mol.